The highest BCUT2D eigenvalue weighted by Crippen LogP contribution is 2.29. The van der Waals surface area contributed by atoms with Crippen molar-refractivity contribution in [1.29, 1.82) is 0 Å². The quantitative estimate of drug-likeness (QED) is 0.776. The Morgan fingerprint density at radius 3 is 2.75 bits per heavy atom. The smallest absolute Gasteiger partial charge is 0.232 e. The number of carbonyl (C=O) groups excluding carboxylic acids is 1. The van der Waals surface area contributed by atoms with Gasteiger partial charge >= 0.3 is 0 Å². The van der Waals surface area contributed by atoms with Gasteiger partial charge in [-0.15, -0.1) is 0 Å². The average molecular weight is 228 g/mol. The molecule has 1 aliphatic rings. The summed E-state index contributed by atoms with van der Waals surface area (Å²) < 4.78 is 5.30. The van der Waals surface area contributed by atoms with Crippen LogP contribution in [0.3, 0.4) is 0 Å². The van der Waals surface area contributed by atoms with E-state index < -0.39 is 5.41 Å². The van der Waals surface area contributed by atoms with Gasteiger partial charge in [-0.25, -0.2) is 0 Å². The molecule has 0 spiro atoms. The number of amides is 1. The van der Waals surface area contributed by atoms with Crippen molar-refractivity contribution >= 4 is 5.91 Å². The molecule has 0 radical (unpaired) electrons. The maximum Gasteiger partial charge on any atom is 0.232 e. The number of nitrogens with zero attached hydrogens (tertiary/aromatic N) is 1. The van der Waals surface area contributed by atoms with Crippen molar-refractivity contribution < 1.29 is 9.53 Å². The predicted molar refractivity (Wildman–Crippen MR) is 64.0 cm³/mol. The average Bonchev–Trinajstić information content (AvgIpc) is 2.59. The summed E-state index contributed by atoms with van der Waals surface area (Å²) in [7, 11) is 1.85. The zero-order chi connectivity index (χ0) is 12.3. The first-order valence-corrected chi connectivity index (χ1v) is 6.00. The fourth-order valence-corrected chi connectivity index (χ4v) is 2.02. The lowest BCUT2D eigenvalue weighted by molar-refractivity contribution is -0.140. The Morgan fingerprint density at radius 2 is 2.31 bits per heavy atom. The van der Waals surface area contributed by atoms with Crippen molar-refractivity contribution in [3.05, 3.63) is 0 Å². The fourth-order valence-electron chi connectivity index (χ4n) is 2.02. The lowest BCUT2D eigenvalue weighted by Gasteiger charge is -2.32. The zero-order valence-electron chi connectivity index (χ0n) is 10.8. The van der Waals surface area contributed by atoms with E-state index in [2.05, 4.69) is 13.8 Å². The molecule has 1 saturated heterocycles. The molecular formula is C12H24N2O2. The third-order valence-corrected chi connectivity index (χ3v) is 3.64. The van der Waals surface area contributed by atoms with Crippen molar-refractivity contribution in [1.82, 2.24) is 4.90 Å². The lowest BCUT2D eigenvalue weighted by atomic mass is 9.84. The Balaban J connectivity index is 2.62. The van der Waals surface area contributed by atoms with Crippen molar-refractivity contribution in [3.63, 3.8) is 0 Å². The molecule has 2 N–H and O–H groups in total. The summed E-state index contributed by atoms with van der Waals surface area (Å²) in [6, 6.07) is -0.181. The van der Waals surface area contributed by atoms with Gasteiger partial charge in [0.15, 0.2) is 0 Å². The fraction of sp³-hybridized carbons (Fsp3) is 0.917. The summed E-state index contributed by atoms with van der Waals surface area (Å²) >= 11 is 0. The Hall–Kier alpha value is -0.610. The first-order valence-electron chi connectivity index (χ1n) is 6.00. The topological polar surface area (TPSA) is 55.6 Å². The summed E-state index contributed by atoms with van der Waals surface area (Å²) in [5.41, 5.74) is 5.40. The van der Waals surface area contributed by atoms with Crippen LogP contribution in [0.4, 0.5) is 0 Å². The molecule has 0 saturated carbocycles. The van der Waals surface area contributed by atoms with Gasteiger partial charge in [0, 0.05) is 19.6 Å². The summed E-state index contributed by atoms with van der Waals surface area (Å²) in [4.78, 5) is 14.1. The van der Waals surface area contributed by atoms with Crippen LogP contribution in [-0.2, 0) is 9.53 Å². The van der Waals surface area contributed by atoms with Gasteiger partial charge in [-0.1, -0.05) is 20.3 Å². The molecule has 0 aromatic carbocycles. The van der Waals surface area contributed by atoms with E-state index in [0.717, 1.165) is 13.0 Å². The van der Waals surface area contributed by atoms with Crippen molar-refractivity contribution in [2.45, 2.75) is 33.2 Å². The molecular weight excluding hydrogens is 204 g/mol. The number of hydrogen-bond acceptors (Lipinski definition) is 3. The number of carbonyl (C=O) groups is 1. The van der Waals surface area contributed by atoms with E-state index in [4.69, 9.17) is 10.5 Å². The van der Waals surface area contributed by atoms with Crippen molar-refractivity contribution in [3.8, 4) is 0 Å². The van der Waals surface area contributed by atoms with Crippen LogP contribution in [0.25, 0.3) is 0 Å². The van der Waals surface area contributed by atoms with Gasteiger partial charge < -0.3 is 15.4 Å². The number of ether oxygens (including phenoxy) is 1. The molecule has 4 heteroatoms. The van der Waals surface area contributed by atoms with Crippen LogP contribution < -0.4 is 5.73 Å². The molecule has 94 valence electrons. The van der Waals surface area contributed by atoms with Crippen LogP contribution in [0.1, 0.15) is 27.2 Å². The maximum atomic E-state index is 12.3. The van der Waals surface area contributed by atoms with E-state index in [9.17, 15) is 4.79 Å². The van der Waals surface area contributed by atoms with E-state index in [1.54, 1.807) is 4.90 Å². The Labute approximate surface area is 98.1 Å². The monoisotopic (exact) mass is 228 g/mol. The summed E-state index contributed by atoms with van der Waals surface area (Å²) in [5.74, 6) is 0.633. The van der Waals surface area contributed by atoms with Gasteiger partial charge in [0.05, 0.1) is 18.6 Å². The molecule has 1 rings (SSSR count). The molecule has 3 unspecified atom stereocenters. The van der Waals surface area contributed by atoms with Gasteiger partial charge in [-0.2, -0.15) is 0 Å². The highest BCUT2D eigenvalue weighted by atomic mass is 16.5. The van der Waals surface area contributed by atoms with Crippen LogP contribution in [0.2, 0.25) is 0 Å². The van der Waals surface area contributed by atoms with Crippen LogP contribution in [0, 0.1) is 11.3 Å². The van der Waals surface area contributed by atoms with Crippen molar-refractivity contribution in [2.75, 3.05) is 26.8 Å². The molecule has 1 aliphatic heterocycles. The van der Waals surface area contributed by atoms with Gasteiger partial charge in [0.25, 0.3) is 0 Å². The van der Waals surface area contributed by atoms with E-state index in [-0.39, 0.29) is 11.9 Å². The second kappa shape index (κ2) is 5.15. The molecule has 4 nitrogen and oxygen atoms in total. The van der Waals surface area contributed by atoms with E-state index >= 15 is 0 Å². The number of nitrogens with two attached hydrogens (primary N) is 1. The highest BCUT2D eigenvalue weighted by molar-refractivity contribution is 5.83. The molecule has 0 aliphatic carbocycles. The molecule has 1 fully saturated rings. The Kier molecular flexibility index (Phi) is 4.33. The molecule has 0 aromatic rings. The Bertz CT molecular complexity index is 257. The minimum atomic E-state index is -0.539. The molecule has 1 heterocycles. The van der Waals surface area contributed by atoms with Gasteiger partial charge in [-0.3, -0.25) is 4.79 Å². The first kappa shape index (κ1) is 13.5. The normalized spacial score (nSPS) is 31.4. The summed E-state index contributed by atoms with van der Waals surface area (Å²) in [6.07, 6.45) is 1.08. The predicted octanol–water partition coefficient (Wildman–Crippen LogP) is 0.855. The molecule has 3 atom stereocenters. The molecule has 16 heavy (non-hydrogen) atoms. The van der Waals surface area contributed by atoms with E-state index in [0.29, 0.717) is 19.1 Å². The summed E-state index contributed by atoms with van der Waals surface area (Å²) in [5, 5.41) is 0. The van der Waals surface area contributed by atoms with Gasteiger partial charge in [0.1, 0.15) is 0 Å². The van der Waals surface area contributed by atoms with E-state index in [1.807, 2.05) is 14.0 Å². The second-order valence-electron chi connectivity index (χ2n) is 5.24. The van der Waals surface area contributed by atoms with Crippen LogP contribution in [0.5, 0.6) is 0 Å². The lowest BCUT2D eigenvalue weighted by Crippen LogP contribution is -2.51. The minimum Gasteiger partial charge on any atom is -0.379 e. The molecule has 1 amide bonds. The minimum absolute atomic E-state index is 0.109. The maximum absolute atomic E-state index is 12.3. The first-order chi connectivity index (χ1) is 7.41. The van der Waals surface area contributed by atoms with Crippen LogP contribution in [0.15, 0.2) is 0 Å². The third kappa shape index (κ3) is 2.55. The van der Waals surface area contributed by atoms with Gasteiger partial charge in [-0.05, 0) is 12.8 Å². The van der Waals surface area contributed by atoms with E-state index in [1.165, 1.54) is 0 Å². The number of rotatable bonds is 4. The zero-order valence-corrected chi connectivity index (χ0v) is 10.8. The Morgan fingerprint density at radius 1 is 1.69 bits per heavy atom. The standard InChI is InChI=1S/C12H24N2O2/c1-5-9(2)6-14(4)11(15)12(3)8-16-7-10(12)13/h9-10H,5-8,13H2,1-4H3. The molecule has 0 aromatic heterocycles. The van der Waals surface area contributed by atoms with Gasteiger partial charge in [0.2, 0.25) is 5.91 Å². The summed E-state index contributed by atoms with van der Waals surface area (Å²) in [6.45, 7) is 7.90. The van der Waals surface area contributed by atoms with Crippen LogP contribution >= 0.6 is 0 Å². The number of hydrogen-bond donors (Lipinski definition) is 1. The highest BCUT2D eigenvalue weighted by Gasteiger charge is 2.45. The second-order valence-corrected chi connectivity index (χ2v) is 5.24. The largest absolute Gasteiger partial charge is 0.379 e. The van der Waals surface area contributed by atoms with Crippen LogP contribution in [-0.4, -0.2) is 43.7 Å². The SMILES string of the molecule is CCC(C)CN(C)C(=O)C1(C)COCC1N. The molecule has 0 bridgehead atoms. The van der Waals surface area contributed by atoms with Crippen molar-refractivity contribution in [2.24, 2.45) is 17.1 Å². The third-order valence-electron chi connectivity index (χ3n) is 3.64.